The van der Waals surface area contributed by atoms with Crippen LogP contribution in [0.5, 0.6) is 0 Å². The highest BCUT2D eigenvalue weighted by Gasteiger charge is 2.18. The van der Waals surface area contributed by atoms with Gasteiger partial charge >= 0.3 is 0 Å². The molecule has 0 aromatic heterocycles. The van der Waals surface area contributed by atoms with Gasteiger partial charge in [0.1, 0.15) is 0 Å². The Labute approximate surface area is 115 Å². The van der Waals surface area contributed by atoms with Crippen molar-refractivity contribution in [3.8, 4) is 0 Å². The van der Waals surface area contributed by atoms with E-state index in [1.807, 2.05) is 0 Å². The third kappa shape index (κ3) is 5.31. The van der Waals surface area contributed by atoms with E-state index in [9.17, 15) is 18.4 Å². The number of amides is 2. The molecule has 0 unspecified atom stereocenters. The molecular weight excluding hydrogens is 270 g/mol. The van der Waals surface area contributed by atoms with E-state index in [2.05, 4.69) is 5.32 Å². The maximum absolute atomic E-state index is 12.3. The second kappa shape index (κ2) is 8.21. The maximum atomic E-state index is 12.3. The van der Waals surface area contributed by atoms with Crippen LogP contribution in [0.15, 0.2) is 30.3 Å². The summed E-state index contributed by atoms with van der Waals surface area (Å²) in [5, 5.41) is 11.1. The van der Waals surface area contributed by atoms with Gasteiger partial charge in [-0.25, -0.2) is 8.78 Å². The minimum absolute atomic E-state index is 0.190. The molecular formula is C13H16F2N2O3. The van der Waals surface area contributed by atoms with E-state index >= 15 is 0 Å². The van der Waals surface area contributed by atoms with Crippen LogP contribution in [0.3, 0.4) is 0 Å². The van der Waals surface area contributed by atoms with Crippen molar-refractivity contribution in [3.05, 3.63) is 35.9 Å². The first-order chi connectivity index (χ1) is 9.54. The number of nitrogens with zero attached hydrogens (tertiary/aromatic N) is 1. The zero-order chi connectivity index (χ0) is 15.0. The SMILES string of the molecule is O=C(NCC(=O)N(CCO)CC(F)F)c1ccccc1. The molecule has 0 radical (unpaired) electrons. The van der Waals surface area contributed by atoms with Crippen molar-refractivity contribution in [1.29, 1.82) is 0 Å². The molecule has 110 valence electrons. The van der Waals surface area contributed by atoms with Crippen LogP contribution in [0.1, 0.15) is 10.4 Å². The monoisotopic (exact) mass is 286 g/mol. The van der Waals surface area contributed by atoms with Crippen LogP contribution in [-0.2, 0) is 4.79 Å². The number of alkyl halides is 2. The fourth-order valence-corrected chi connectivity index (χ4v) is 1.56. The molecule has 2 amide bonds. The number of carbonyl (C=O) groups is 2. The summed E-state index contributed by atoms with van der Waals surface area (Å²) < 4.78 is 24.5. The van der Waals surface area contributed by atoms with Gasteiger partial charge in [-0.2, -0.15) is 0 Å². The minimum Gasteiger partial charge on any atom is -0.395 e. The fraction of sp³-hybridized carbons (Fsp3) is 0.385. The van der Waals surface area contributed by atoms with Crippen molar-refractivity contribution in [2.24, 2.45) is 0 Å². The maximum Gasteiger partial charge on any atom is 0.255 e. The summed E-state index contributed by atoms with van der Waals surface area (Å²) in [5.41, 5.74) is 0.378. The highest BCUT2D eigenvalue weighted by atomic mass is 19.3. The Kier molecular flexibility index (Phi) is 6.58. The van der Waals surface area contributed by atoms with E-state index in [-0.39, 0.29) is 13.1 Å². The molecule has 0 heterocycles. The van der Waals surface area contributed by atoms with Gasteiger partial charge in [-0.1, -0.05) is 18.2 Å². The van der Waals surface area contributed by atoms with Gasteiger partial charge in [-0.3, -0.25) is 9.59 Å². The number of halogens is 2. The summed E-state index contributed by atoms with van der Waals surface area (Å²) in [6.07, 6.45) is -2.68. The predicted octanol–water partition coefficient (Wildman–Crippen LogP) is 0.502. The number of carbonyl (C=O) groups excluding carboxylic acids is 2. The molecule has 0 saturated carbocycles. The summed E-state index contributed by atoms with van der Waals surface area (Å²) in [6, 6.07) is 8.24. The first kappa shape index (κ1) is 16.0. The number of benzene rings is 1. The lowest BCUT2D eigenvalue weighted by Crippen LogP contribution is -2.43. The number of hydrogen-bond acceptors (Lipinski definition) is 3. The molecule has 0 bridgehead atoms. The van der Waals surface area contributed by atoms with Gasteiger partial charge in [0.05, 0.1) is 19.7 Å². The van der Waals surface area contributed by atoms with Gasteiger partial charge in [0, 0.05) is 12.1 Å². The summed E-state index contributed by atoms with van der Waals surface area (Å²) in [6.45, 7) is -1.75. The molecule has 5 nitrogen and oxygen atoms in total. The molecule has 0 spiro atoms. The first-order valence-electron chi connectivity index (χ1n) is 6.04. The van der Waals surface area contributed by atoms with Crippen LogP contribution in [-0.4, -0.2) is 54.5 Å². The van der Waals surface area contributed by atoms with Gasteiger partial charge in [-0.05, 0) is 12.1 Å². The fourth-order valence-electron chi connectivity index (χ4n) is 1.56. The quantitative estimate of drug-likeness (QED) is 0.767. The van der Waals surface area contributed by atoms with E-state index in [1.54, 1.807) is 30.3 Å². The van der Waals surface area contributed by atoms with Crippen molar-refractivity contribution >= 4 is 11.8 Å². The Morgan fingerprint density at radius 3 is 2.45 bits per heavy atom. The molecule has 0 aliphatic carbocycles. The second-order valence-electron chi connectivity index (χ2n) is 4.00. The number of nitrogens with one attached hydrogen (secondary N) is 1. The molecule has 0 aliphatic heterocycles. The molecule has 0 saturated heterocycles. The first-order valence-corrected chi connectivity index (χ1v) is 6.04. The third-order valence-corrected chi connectivity index (χ3v) is 2.52. The predicted molar refractivity (Wildman–Crippen MR) is 68.4 cm³/mol. The number of rotatable bonds is 7. The molecule has 2 N–H and O–H groups in total. The lowest BCUT2D eigenvalue weighted by atomic mass is 10.2. The smallest absolute Gasteiger partial charge is 0.255 e. The van der Waals surface area contributed by atoms with Gasteiger partial charge in [0.2, 0.25) is 5.91 Å². The molecule has 7 heteroatoms. The summed E-state index contributed by atoms with van der Waals surface area (Å²) >= 11 is 0. The molecule has 0 atom stereocenters. The third-order valence-electron chi connectivity index (χ3n) is 2.52. The Morgan fingerprint density at radius 1 is 1.25 bits per heavy atom. The Balaban J connectivity index is 2.50. The average Bonchev–Trinajstić information content (AvgIpc) is 2.44. The van der Waals surface area contributed by atoms with Crippen molar-refractivity contribution in [1.82, 2.24) is 10.2 Å². The highest BCUT2D eigenvalue weighted by Crippen LogP contribution is 2.00. The average molecular weight is 286 g/mol. The number of aliphatic hydroxyl groups is 1. The van der Waals surface area contributed by atoms with E-state index in [1.165, 1.54) is 0 Å². The number of hydrogen-bond donors (Lipinski definition) is 2. The van der Waals surface area contributed by atoms with Gasteiger partial charge in [0.25, 0.3) is 12.3 Å². The van der Waals surface area contributed by atoms with Gasteiger partial charge < -0.3 is 15.3 Å². The minimum atomic E-state index is -2.68. The van der Waals surface area contributed by atoms with E-state index in [0.29, 0.717) is 5.56 Å². The highest BCUT2D eigenvalue weighted by molar-refractivity contribution is 5.96. The van der Waals surface area contributed by atoms with Crippen LogP contribution >= 0.6 is 0 Å². The lowest BCUT2D eigenvalue weighted by Gasteiger charge is -2.21. The van der Waals surface area contributed by atoms with Gasteiger partial charge in [-0.15, -0.1) is 0 Å². The Hall–Kier alpha value is -2.02. The lowest BCUT2D eigenvalue weighted by molar-refractivity contribution is -0.132. The zero-order valence-electron chi connectivity index (χ0n) is 10.8. The Morgan fingerprint density at radius 2 is 1.90 bits per heavy atom. The molecule has 1 aromatic carbocycles. The molecule has 20 heavy (non-hydrogen) atoms. The Bertz CT molecular complexity index is 441. The number of aliphatic hydroxyl groups excluding tert-OH is 1. The summed E-state index contributed by atoms with van der Waals surface area (Å²) in [4.78, 5) is 24.2. The van der Waals surface area contributed by atoms with Crippen molar-refractivity contribution in [2.45, 2.75) is 6.43 Å². The van der Waals surface area contributed by atoms with E-state index in [0.717, 1.165) is 4.90 Å². The standard InChI is InChI=1S/C13H16F2N2O3/c14-11(15)9-17(6-7-18)12(19)8-16-13(20)10-4-2-1-3-5-10/h1-5,11,18H,6-9H2,(H,16,20). The van der Waals surface area contributed by atoms with E-state index < -0.39 is 31.4 Å². The van der Waals surface area contributed by atoms with Crippen molar-refractivity contribution in [3.63, 3.8) is 0 Å². The molecule has 1 aromatic rings. The van der Waals surface area contributed by atoms with Crippen LogP contribution in [0.25, 0.3) is 0 Å². The van der Waals surface area contributed by atoms with Gasteiger partial charge in [0.15, 0.2) is 0 Å². The van der Waals surface area contributed by atoms with E-state index in [4.69, 9.17) is 5.11 Å². The molecule has 1 rings (SSSR count). The second-order valence-corrected chi connectivity index (χ2v) is 4.00. The van der Waals surface area contributed by atoms with Crippen LogP contribution < -0.4 is 5.32 Å². The van der Waals surface area contributed by atoms with Crippen molar-refractivity contribution < 1.29 is 23.5 Å². The van der Waals surface area contributed by atoms with Crippen LogP contribution in [0.2, 0.25) is 0 Å². The normalized spacial score (nSPS) is 10.4. The van der Waals surface area contributed by atoms with Crippen LogP contribution in [0.4, 0.5) is 8.78 Å². The molecule has 0 fully saturated rings. The van der Waals surface area contributed by atoms with Crippen LogP contribution in [0, 0.1) is 0 Å². The largest absolute Gasteiger partial charge is 0.395 e. The molecule has 0 aliphatic rings. The zero-order valence-corrected chi connectivity index (χ0v) is 10.8. The summed E-state index contributed by atoms with van der Waals surface area (Å²) in [7, 11) is 0. The van der Waals surface area contributed by atoms with Crippen molar-refractivity contribution in [2.75, 3.05) is 26.2 Å². The topological polar surface area (TPSA) is 69.6 Å². The summed E-state index contributed by atoms with van der Waals surface area (Å²) in [5.74, 6) is -1.12.